The van der Waals surface area contributed by atoms with Crippen LogP contribution in [-0.2, 0) is 4.79 Å². The van der Waals surface area contributed by atoms with E-state index >= 15 is 0 Å². The summed E-state index contributed by atoms with van der Waals surface area (Å²) in [6.07, 6.45) is 11.2. The third-order valence-electron chi connectivity index (χ3n) is 7.26. The van der Waals surface area contributed by atoms with E-state index in [0.29, 0.717) is 11.8 Å². The molecule has 1 aliphatic rings. The fraction of sp³-hybridized carbons (Fsp3) is 0.172. The number of H-pyrrole nitrogens is 1. The second-order valence-electron chi connectivity index (χ2n) is 9.68. The topological polar surface area (TPSA) is 120 Å². The summed E-state index contributed by atoms with van der Waals surface area (Å²) in [6, 6.07) is 13.9. The largest absolute Gasteiger partial charge is 0.367 e. The number of anilines is 3. The van der Waals surface area contributed by atoms with Gasteiger partial charge in [-0.1, -0.05) is 0 Å². The van der Waals surface area contributed by atoms with Gasteiger partial charge in [-0.2, -0.15) is 0 Å². The third kappa shape index (κ3) is 4.37. The van der Waals surface area contributed by atoms with Crippen molar-refractivity contribution in [2.24, 2.45) is 0 Å². The number of pyridine rings is 3. The molecule has 0 aromatic carbocycles. The zero-order valence-electron chi connectivity index (χ0n) is 21.8. The molecule has 7 rings (SSSR count). The van der Waals surface area contributed by atoms with Gasteiger partial charge in [-0.05, 0) is 42.5 Å². The van der Waals surface area contributed by atoms with Crippen molar-refractivity contribution in [1.29, 1.82) is 0 Å². The molecule has 0 bridgehead atoms. The average molecular weight is 531 g/mol. The fourth-order valence-electron chi connectivity index (χ4n) is 5.13. The molecule has 11 nitrogen and oxygen atoms in total. The van der Waals surface area contributed by atoms with Crippen LogP contribution >= 0.6 is 0 Å². The predicted octanol–water partition coefficient (Wildman–Crippen LogP) is 4.14. The molecule has 2 N–H and O–H groups in total. The number of piperazine rings is 1. The highest BCUT2D eigenvalue weighted by molar-refractivity contribution is 5.93. The number of aromatic nitrogens is 7. The average Bonchev–Trinajstić information content (AvgIpc) is 3.62. The highest BCUT2D eigenvalue weighted by Crippen LogP contribution is 2.29. The molecule has 1 fully saturated rings. The Labute approximate surface area is 229 Å². The lowest BCUT2D eigenvalue weighted by Crippen LogP contribution is -2.48. The third-order valence-corrected chi connectivity index (χ3v) is 7.26. The van der Waals surface area contributed by atoms with Gasteiger partial charge in [0.25, 0.3) is 0 Å². The van der Waals surface area contributed by atoms with Crippen molar-refractivity contribution in [2.45, 2.75) is 6.92 Å². The normalized spacial score (nSPS) is 13.7. The van der Waals surface area contributed by atoms with Gasteiger partial charge >= 0.3 is 0 Å². The minimum atomic E-state index is 0.121. The molecule has 0 unspecified atom stereocenters. The number of aromatic amines is 1. The Morgan fingerprint density at radius 3 is 2.65 bits per heavy atom. The Morgan fingerprint density at radius 2 is 1.82 bits per heavy atom. The Morgan fingerprint density at radius 1 is 0.925 bits per heavy atom. The molecular weight excluding hydrogens is 504 g/mol. The summed E-state index contributed by atoms with van der Waals surface area (Å²) >= 11 is 0. The van der Waals surface area contributed by atoms with Crippen molar-refractivity contribution < 1.29 is 4.79 Å². The lowest BCUT2D eigenvalue weighted by atomic mass is 10.1. The lowest BCUT2D eigenvalue weighted by molar-refractivity contribution is -0.129. The minimum Gasteiger partial charge on any atom is -0.367 e. The van der Waals surface area contributed by atoms with Crippen molar-refractivity contribution in [2.75, 3.05) is 36.4 Å². The van der Waals surface area contributed by atoms with Gasteiger partial charge < -0.3 is 20.1 Å². The van der Waals surface area contributed by atoms with Crippen LogP contribution in [0, 0.1) is 0 Å². The SMILES string of the molecule is CC(=O)N1CCN(c2ccc(Nc3nccc(-c4cnc5ccc(-c6c[nH]c7ncccc67)cn45)n3)nc2)CC1. The van der Waals surface area contributed by atoms with Crippen LogP contribution in [0.2, 0.25) is 0 Å². The molecule has 0 saturated carbocycles. The van der Waals surface area contributed by atoms with E-state index in [4.69, 9.17) is 4.98 Å². The maximum Gasteiger partial charge on any atom is 0.228 e. The Balaban J connectivity index is 1.12. The minimum absolute atomic E-state index is 0.121. The van der Waals surface area contributed by atoms with Crippen LogP contribution in [0.3, 0.4) is 0 Å². The van der Waals surface area contributed by atoms with Gasteiger partial charge in [-0.25, -0.2) is 24.9 Å². The number of hydrogen-bond acceptors (Lipinski definition) is 8. The number of nitrogens with zero attached hydrogens (tertiary/aromatic N) is 8. The zero-order valence-corrected chi connectivity index (χ0v) is 21.8. The van der Waals surface area contributed by atoms with E-state index in [0.717, 1.165) is 71.1 Å². The van der Waals surface area contributed by atoms with Crippen LogP contribution in [0.4, 0.5) is 17.5 Å². The molecule has 1 saturated heterocycles. The van der Waals surface area contributed by atoms with Crippen molar-refractivity contribution in [1.82, 2.24) is 39.2 Å². The fourth-order valence-corrected chi connectivity index (χ4v) is 5.13. The van der Waals surface area contributed by atoms with E-state index in [1.165, 1.54) is 0 Å². The van der Waals surface area contributed by atoms with Crippen molar-refractivity contribution in [3.63, 3.8) is 0 Å². The summed E-state index contributed by atoms with van der Waals surface area (Å²) in [5.74, 6) is 1.22. The highest BCUT2D eigenvalue weighted by Gasteiger charge is 2.19. The number of nitrogens with one attached hydrogen (secondary N) is 2. The first-order valence-corrected chi connectivity index (χ1v) is 13.1. The first kappa shape index (κ1) is 23.8. The van der Waals surface area contributed by atoms with Crippen LogP contribution in [0.5, 0.6) is 0 Å². The quantitative estimate of drug-likeness (QED) is 0.341. The van der Waals surface area contributed by atoms with Gasteiger partial charge in [0.1, 0.15) is 17.1 Å². The monoisotopic (exact) mass is 530 g/mol. The van der Waals surface area contributed by atoms with Crippen LogP contribution < -0.4 is 10.2 Å². The number of carbonyl (C=O) groups excluding carboxylic acids is 1. The molecule has 6 aromatic heterocycles. The second-order valence-corrected chi connectivity index (χ2v) is 9.68. The van der Waals surface area contributed by atoms with E-state index in [-0.39, 0.29) is 5.91 Å². The molecular formula is C29H26N10O. The Hall–Kier alpha value is -5.32. The Bertz CT molecular complexity index is 1830. The number of imidazole rings is 1. The molecule has 0 radical (unpaired) electrons. The molecule has 198 valence electrons. The lowest BCUT2D eigenvalue weighted by Gasteiger charge is -2.35. The molecule has 0 aliphatic carbocycles. The van der Waals surface area contributed by atoms with E-state index in [1.54, 1.807) is 19.3 Å². The van der Waals surface area contributed by atoms with E-state index < -0.39 is 0 Å². The summed E-state index contributed by atoms with van der Waals surface area (Å²) < 4.78 is 2.04. The van der Waals surface area contributed by atoms with Gasteiger partial charge in [-0.15, -0.1) is 0 Å². The summed E-state index contributed by atoms with van der Waals surface area (Å²) in [5.41, 5.74) is 6.42. The molecule has 6 aromatic rings. The van der Waals surface area contributed by atoms with Crippen LogP contribution in [0.25, 0.3) is 39.2 Å². The molecule has 1 aliphatic heterocycles. The molecule has 40 heavy (non-hydrogen) atoms. The first-order chi connectivity index (χ1) is 19.6. The van der Waals surface area contributed by atoms with Gasteiger partial charge in [0, 0.05) is 74.4 Å². The van der Waals surface area contributed by atoms with Gasteiger partial charge in [-0.3, -0.25) is 9.20 Å². The smallest absolute Gasteiger partial charge is 0.228 e. The van der Waals surface area contributed by atoms with Crippen molar-refractivity contribution in [3.8, 4) is 22.5 Å². The first-order valence-electron chi connectivity index (χ1n) is 13.1. The second kappa shape index (κ2) is 9.77. The standard InChI is InChI=1S/C29H26N10O/c1-19(40)37-11-13-38(14-12-37)21-5-6-26(32-15-21)36-29-31-10-8-24(35-29)25-17-33-27-7-4-20(18-39(25)27)23-16-34-28-22(23)3-2-9-30-28/h2-10,15-18H,11-14H2,1H3,(H,30,34)(H,31,32,35,36). The summed E-state index contributed by atoms with van der Waals surface area (Å²) in [7, 11) is 0. The van der Waals surface area contributed by atoms with E-state index in [9.17, 15) is 4.79 Å². The highest BCUT2D eigenvalue weighted by atomic mass is 16.2. The predicted molar refractivity (Wildman–Crippen MR) is 153 cm³/mol. The van der Waals surface area contributed by atoms with Gasteiger partial charge in [0.05, 0.1) is 29.5 Å². The maximum absolute atomic E-state index is 11.6. The zero-order chi connectivity index (χ0) is 27.1. The summed E-state index contributed by atoms with van der Waals surface area (Å²) in [4.78, 5) is 41.7. The summed E-state index contributed by atoms with van der Waals surface area (Å²) in [6.45, 7) is 4.64. The van der Waals surface area contributed by atoms with Gasteiger partial charge in [0.15, 0.2) is 0 Å². The molecule has 0 spiro atoms. The number of hydrogen-bond donors (Lipinski definition) is 2. The molecule has 1 amide bonds. The van der Waals surface area contributed by atoms with Crippen LogP contribution in [0.1, 0.15) is 6.92 Å². The molecule has 11 heteroatoms. The molecule has 0 atom stereocenters. The summed E-state index contributed by atoms with van der Waals surface area (Å²) in [5, 5.41) is 4.28. The van der Waals surface area contributed by atoms with Crippen LogP contribution in [0.15, 0.2) is 79.6 Å². The number of amides is 1. The van der Waals surface area contributed by atoms with Crippen LogP contribution in [-0.4, -0.2) is 71.3 Å². The van der Waals surface area contributed by atoms with Crippen molar-refractivity contribution >= 4 is 40.0 Å². The molecule has 7 heterocycles. The number of rotatable bonds is 5. The van der Waals surface area contributed by atoms with Crippen molar-refractivity contribution in [3.05, 3.63) is 79.6 Å². The van der Waals surface area contributed by atoms with Gasteiger partial charge in [0.2, 0.25) is 11.9 Å². The van der Waals surface area contributed by atoms with E-state index in [2.05, 4.69) is 53.5 Å². The number of fused-ring (bicyclic) bond motifs is 2. The maximum atomic E-state index is 11.6. The Kier molecular flexibility index (Phi) is 5.81. The van der Waals surface area contributed by atoms with E-state index in [1.807, 2.05) is 58.2 Å². The number of carbonyl (C=O) groups is 1.